The van der Waals surface area contributed by atoms with Crippen LogP contribution in [0.2, 0.25) is 0 Å². The van der Waals surface area contributed by atoms with Gasteiger partial charge >= 0.3 is 0 Å². The summed E-state index contributed by atoms with van der Waals surface area (Å²) in [6.07, 6.45) is 5.57. The van der Waals surface area contributed by atoms with E-state index in [4.69, 9.17) is 48.2 Å². The van der Waals surface area contributed by atoms with Crippen molar-refractivity contribution in [3.8, 4) is 45.0 Å². The Morgan fingerprint density at radius 2 is 0.690 bits per heavy atom. The Morgan fingerprint density at radius 3 is 0.948 bits per heavy atom. The quantitative estimate of drug-likeness (QED) is 0.0424. The molecule has 16 rings (SSSR count). The second kappa shape index (κ2) is 31.6. The normalized spacial score (nSPS) is 12.3. The number of nitrogens with two attached hydrogens (primary N) is 4. The van der Waals surface area contributed by atoms with Crippen molar-refractivity contribution < 1.29 is 33.2 Å². The molecule has 4 aromatic carbocycles. The van der Waals surface area contributed by atoms with Crippen LogP contribution >= 0.6 is 0 Å². The number of rotatable bonds is 15. The SMILES string of the molecule is CC(F)CNC(=O)c1cc2ccc(-c3nn(C(C)(C)C)c4ncnc(N)c34)cc2[nH]1.CCCNC(=O)c1cc2ccc(-c3nn(C(C)(C)C)c4ncnc(N)c34)cc2[nH]1.CCONC(=O)c1cc2ccc(-c3nn(C(C)(C)C)c4ncnc(N)c34)cc2[nH]1.CONC(=O)c1cc2ccc(-c3nn(C(C)(C)C)c4ncnc(N)c34)cc2[nH]1. The minimum atomic E-state index is -1.11. The van der Waals surface area contributed by atoms with E-state index in [9.17, 15) is 23.6 Å². The monoisotopic (exact) mass is 1570 g/mol. The highest BCUT2D eigenvalue weighted by Crippen LogP contribution is 2.40. The van der Waals surface area contributed by atoms with Crippen LogP contribution in [0.1, 0.15) is 152 Å². The number of H-pyrrole nitrogens is 4. The molecule has 4 amide bonds. The molecule has 1 atom stereocenters. The van der Waals surface area contributed by atoms with Crippen LogP contribution in [0.4, 0.5) is 27.7 Å². The molecule has 0 aliphatic carbocycles. The molecule has 1 unspecified atom stereocenters. The smallest absolute Gasteiger partial charge is 0.291 e. The maximum absolute atomic E-state index is 13.0. The summed E-state index contributed by atoms with van der Waals surface area (Å²) in [6.45, 7) is 30.9. The molecule has 16 aromatic rings. The number of fused-ring (bicyclic) bond motifs is 8. The lowest BCUT2D eigenvalue weighted by Crippen LogP contribution is -2.29. The van der Waals surface area contributed by atoms with Gasteiger partial charge in [0.05, 0.1) is 57.4 Å². The molecule has 12 aromatic heterocycles. The van der Waals surface area contributed by atoms with E-state index in [1.807, 2.05) is 125 Å². The fourth-order valence-corrected chi connectivity index (χ4v) is 13.2. The van der Waals surface area contributed by atoms with Crippen molar-refractivity contribution in [3.63, 3.8) is 0 Å². The fraction of sp³-hybridized carbons (Fsp3) is 0.309. The molecule has 34 nitrogen and oxygen atoms in total. The van der Waals surface area contributed by atoms with Crippen molar-refractivity contribution in [2.45, 2.75) is 139 Å². The minimum absolute atomic E-state index is 0.0328. The van der Waals surface area contributed by atoms with Crippen LogP contribution in [-0.2, 0) is 31.8 Å². The largest absolute Gasteiger partial charge is 0.383 e. The molecule has 0 saturated carbocycles. The van der Waals surface area contributed by atoms with Gasteiger partial charge < -0.3 is 53.5 Å². The predicted molar refractivity (Wildman–Crippen MR) is 447 cm³/mol. The van der Waals surface area contributed by atoms with Gasteiger partial charge in [-0.15, -0.1) is 0 Å². The lowest BCUT2D eigenvalue weighted by Gasteiger charge is -2.19. The topological polar surface area (TPSA) is 476 Å². The van der Waals surface area contributed by atoms with E-state index in [-0.39, 0.29) is 52.3 Å². The molecule has 116 heavy (non-hydrogen) atoms. The number of aromatic amines is 4. The number of halogens is 1. The first-order valence-electron chi connectivity index (χ1n) is 37.5. The molecule has 12 heterocycles. The van der Waals surface area contributed by atoms with Crippen LogP contribution in [0.15, 0.2) is 122 Å². The van der Waals surface area contributed by atoms with Crippen LogP contribution in [0.3, 0.4) is 0 Å². The third-order valence-electron chi connectivity index (χ3n) is 18.7. The number of nitrogen functional groups attached to an aromatic ring is 4. The maximum atomic E-state index is 13.0. The first-order valence-corrected chi connectivity index (χ1v) is 37.5. The van der Waals surface area contributed by atoms with E-state index < -0.39 is 6.17 Å². The summed E-state index contributed by atoms with van der Waals surface area (Å²) in [5, 5.41) is 31.1. The van der Waals surface area contributed by atoms with Gasteiger partial charge in [0.15, 0.2) is 22.6 Å². The van der Waals surface area contributed by atoms with Crippen molar-refractivity contribution in [2.24, 2.45) is 0 Å². The van der Waals surface area contributed by atoms with Gasteiger partial charge in [0, 0.05) is 79.0 Å². The number of alkyl halides is 1. The van der Waals surface area contributed by atoms with Gasteiger partial charge in [0.2, 0.25) is 0 Å². The highest BCUT2D eigenvalue weighted by molar-refractivity contribution is 6.07. The van der Waals surface area contributed by atoms with E-state index in [0.717, 1.165) is 83.4 Å². The highest BCUT2D eigenvalue weighted by atomic mass is 19.1. The lowest BCUT2D eigenvalue weighted by molar-refractivity contribution is 0.0360. The molecular weight excluding hydrogens is 1480 g/mol. The van der Waals surface area contributed by atoms with Crippen LogP contribution < -0.4 is 44.5 Å². The second-order valence-corrected chi connectivity index (χ2v) is 31.7. The summed E-state index contributed by atoms with van der Waals surface area (Å²) in [5.74, 6) is 0.377. The van der Waals surface area contributed by atoms with E-state index in [2.05, 4.69) is 149 Å². The third kappa shape index (κ3) is 16.3. The van der Waals surface area contributed by atoms with Crippen molar-refractivity contribution in [3.05, 3.63) is 145 Å². The Bertz CT molecular complexity index is 6230. The van der Waals surface area contributed by atoms with Gasteiger partial charge in [-0.1, -0.05) is 55.5 Å². The molecule has 0 bridgehead atoms. The van der Waals surface area contributed by atoms with Crippen molar-refractivity contribution >= 4 is 135 Å². The van der Waals surface area contributed by atoms with Crippen LogP contribution in [0, 0.1) is 0 Å². The number of amides is 4. The number of carbonyl (C=O) groups is 4. The Morgan fingerprint density at radius 1 is 0.414 bits per heavy atom. The number of anilines is 4. The molecular formula is C81H93FN28O6. The van der Waals surface area contributed by atoms with Gasteiger partial charge in [-0.05, 0) is 152 Å². The third-order valence-corrected chi connectivity index (χ3v) is 18.7. The molecule has 0 spiro atoms. The predicted octanol–water partition coefficient (Wildman–Crippen LogP) is 12.4. The second-order valence-electron chi connectivity index (χ2n) is 31.7. The Hall–Kier alpha value is -13.8. The number of aromatic nitrogens is 20. The zero-order valence-corrected chi connectivity index (χ0v) is 67.2. The number of nitrogens with one attached hydrogen (secondary N) is 8. The van der Waals surface area contributed by atoms with Crippen molar-refractivity contribution in [1.29, 1.82) is 0 Å². The summed E-state index contributed by atoms with van der Waals surface area (Å²) >= 11 is 0. The highest BCUT2D eigenvalue weighted by Gasteiger charge is 2.30. The fourth-order valence-electron chi connectivity index (χ4n) is 13.2. The Labute approximate surface area is 663 Å². The van der Waals surface area contributed by atoms with E-state index in [0.29, 0.717) is 115 Å². The molecule has 0 saturated heterocycles. The average molecular weight is 1570 g/mol. The molecule has 0 fully saturated rings. The maximum Gasteiger partial charge on any atom is 0.291 e. The molecule has 0 aliphatic rings. The summed E-state index contributed by atoms with van der Waals surface area (Å²) in [6, 6.07) is 30.4. The number of nitrogens with zero attached hydrogens (tertiary/aromatic N) is 16. The van der Waals surface area contributed by atoms with Crippen LogP contribution in [-0.4, -0.2) is 156 Å². The molecule has 0 radical (unpaired) electrons. The molecule has 35 heteroatoms. The number of hydroxylamine groups is 2. The zero-order valence-electron chi connectivity index (χ0n) is 67.2. The summed E-state index contributed by atoms with van der Waals surface area (Å²) < 4.78 is 20.4. The number of carbonyl (C=O) groups excluding carboxylic acids is 4. The number of hydrogen-bond acceptors (Lipinski definition) is 22. The molecule has 16 N–H and O–H groups in total. The van der Waals surface area contributed by atoms with Crippen LogP contribution in [0.25, 0.3) is 133 Å². The Kier molecular flexibility index (Phi) is 21.9. The van der Waals surface area contributed by atoms with E-state index in [1.165, 1.54) is 39.3 Å². The average Bonchev–Trinajstić information content (AvgIpc) is 1.62. The van der Waals surface area contributed by atoms with Gasteiger partial charge in [-0.3, -0.25) is 28.9 Å². The van der Waals surface area contributed by atoms with Crippen molar-refractivity contribution in [1.82, 2.24) is 121 Å². The summed E-state index contributed by atoms with van der Waals surface area (Å²) in [5.41, 5.74) is 42.1. The first kappa shape index (κ1) is 80.2. The molecule has 600 valence electrons. The standard InChI is InChI=1S/C21H24FN7O.C21H25N7O.C20H23N7O2.C19H21N7O2/c1-11(22)9-24-20(30)15-7-12-5-6-13(8-14(12)27-15)17-16-18(23)25-10-26-19(16)29(28-17)21(2,3)4;1-5-8-23-20(29)15-9-12-6-7-13(10-14(12)26-15)17-16-18(22)24-11-25-19(16)28(27-17)21(2,3)4;1-5-29-26-19(28)14-8-11-6-7-12(9-13(11)24-14)16-15-17(21)22-10-23-18(15)27(25-16)20(2,3)4;1-19(2,3)26-17-14(16(20)21-9-22-17)15(24-26)11-6-5-10-7-13(18(27)25-28-4)23-12(10)8-11/h5-8,10-11,27H,9H2,1-4H3,(H,24,30)(H2,23,25,26);6-7,9-11,26H,5,8H2,1-4H3,(H,23,29)(H2,22,24,25);6-10,24H,5H2,1-4H3,(H,26,28)(H2,21,22,23);5-9,23H,1-4H3,(H,25,27)(H2,20,21,22). The van der Waals surface area contributed by atoms with Crippen molar-refractivity contribution in [2.75, 3.05) is 49.7 Å². The number of benzene rings is 4. The first-order chi connectivity index (χ1) is 55.0. The zero-order chi connectivity index (χ0) is 83.2. The minimum Gasteiger partial charge on any atom is -0.383 e. The summed E-state index contributed by atoms with van der Waals surface area (Å²) in [7, 11) is 1.39. The van der Waals surface area contributed by atoms with E-state index in [1.54, 1.807) is 25.1 Å². The van der Waals surface area contributed by atoms with E-state index >= 15 is 0 Å². The van der Waals surface area contributed by atoms with Gasteiger partial charge in [0.1, 0.15) is 100 Å². The van der Waals surface area contributed by atoms with Gasteiger partial charge in [-0.25, -0.2) is 73.9 Å². The van der Waals surface area contributed by atoms with Gasteiger partial charge in [-0.2, -0.15) is 20.4 Å². The molecule has 0 aliphatic heterocycles. The van der Waals surface area contributed by atoms with Crippen LogP contribution in [0.5, 0.6) is 0 Å². The number of hydrogen-bond donors (Lipinski definition) is 12. The van der Waals surface area contributed by atoms with Gasteiger partial charge in [0.25, 0.3) is 23.6 Å². The Balaban J connectivity index is 0.000000135. The lowest BCUT2D eigenvalue weighted by atomic mass is 10.1. The summed E-state index contributed by atoms with van der Waals surface area (Å²) in [4.78, 5) is 105.